The van der Waals surface area contributed by atoms with Crippen molar-refractivity contribution in [2.45, 2.75) is 132 Å². The first kappa shape index (κ1) is 34.3. The van der Waals surface area contributed by atoms with Gasteiger partial charge in [-0.3, -0.25) is 9.59 Å². The normalized spacial score (nSPS) is 46.9. The average Bonchev–Trinajstić information content (AvgIpc) is 3.67. The summed E-state index contributed by atoms with van der Waals surface area (Å²) in [5.74, 6) is 2.98. The van der Waals surface area contributed by atoms with Gasteiger partial charge >= 0.3 is 0 Å². The van der Waals surface area contributed by atoms with Crippen molar-refractivity contribution in [3.05, 3.63) is 0 Å². The van der Waals surface area contributed by atoms with Crippen LogP contribution in [0, 0.1) is 67.5 Å². The van der Waals surface area contributed by atoms with Crippen molar-refractivity contribution in [2.24, 2.45) is 67.5 Å². The Hall–Kier alpha value is -1.18. The molecule has 3 N–H and O–H groups in total. The lowest BCUT2D eigenvalue weighted by atomic mass is 9.32. The predicted molar refractivity (Wildman–Crippen MR) is 183 cm³/mol. The molecule has 6 aliphatic carbocycles. The molecular weight excluding hydrogens is 588 g/mol. The quantitative estimate of drug-likeness (QED) is 0.343. The smallest absolute Gasteiger partial charge is 0.233 e. The van der Waals surface area contributed by atoms with Crippen LogP contribution in [0.2, 0.25) is 0 Å². The molecule has 7 rings (SSSR count). The van der Waals surface area contributed by atoms with Crippen molar-refractivity contribution in [1.82, 2.24) is 9.80 Å². The largest absolute Gasteiger partial charge is 0.395 e. The second-order valence-corrected chi connectivity index (χ2v) is 20.0. The summed E-state index contributed by atoms with van der Waals surface area (Å²) in [6, 6.07) is 0. The van der Waals surface area contributed by atoms with E-state index in [-0.39, 0.29) is 52.3 Å². The molecule has 0 aromatic heterocycles. The number of aliphatic hydroxyl groups excluding tert-OH is 3. The Morgan fingerprint density at radius 2 is 1.32 bits per heavy atom. The molecule has 10 atom stereocenters. The minimum absolute atomic E-state index is 0.0409. The van der Waals surface area contributed by atoms with Crippen LogP contribution >= 0.6 is 0 Å². The Balaban J connectivity index is 1.17. The molecule has 2 amide bonds. The SMILES string of the molecule is CC(CO)(CO)C(=O)N1CCN(C(=O)[C@]23CC[C@@H](C4(C)CC4)[C@@H]2[C@H]2CC[C@@H]4[C@@]5(C)CC[C@H](O)C(C)(C)[C@@H]5CC[C@@]4(C)[C@]2(C)CC3)CC1. The highest BCUT2D eigenvalue weighted by atomic mass is 16.3. The van der Waals surface area contributed by atoms with Gasteiger partial charge in [-0.1, -0.05) is 41.5 Å². The molecule has 0 aromatic rings. The molecule has 1 saturated heterocycles. The number of hydrogen-bond acceptors (Lipinski definition) is 5. The number of amides is 2. The molecule has 6 saturated carbocycles. The first-order valence-electron chi connectivity index (χ1n) is 19.5. The second kappa shape index (κ2) is 10.9. The molecule has 7 fully saturated rings. The number of fused-ring (bicyclic) bond motifs is 7. The molecule has 7 nitrogen and oxygen atoms in total. The molecule has 1 aliphatic heterocycles. The van der Waals surface area contributed by atoms with Crippen LogP contribution in [0.4, 0.5) is 0 Å². The summed E-state index contributed by atoms with van der Waals surface area (Å²) in [4.78, 5) is 32.1. The van der Waals surface area contributed by atoms with Gasteiger partial charge in [0.2, 0.25) is 11.8 Å². The average molecular weight is 655 g/mol. The fourth-order valence-corrected chi connectivity index (χ4v) is 14.3. The number of rotatable bonds is 5. The maximum absolute atomic E-state index is 15.0. The first-order chi connectivity index (χ1) is 22.0. The van der Waals surface area contributed by atoms with Crippen molar-refractivity contribution in [2.75, 3.05) is 39.4 Å². The van der Waals surface area contributed by atoms with Crippen LogP contribution in [-0.4, -0.2) is 82.4 Å². The van der Waals surface area contributed by atoms with E-state index in [1.54, 1.807) is 11.8 Å². The van der Waals surface area contributed by atoms with E-state index in [4.69, 9.17) is 0 Å². The van der Waals surface area contributed by atoms with Crippen LogP contribution in [0.1, 0.15) is 126 Å². The monoisotopic (exact) mass is 654 g/mol. The fraction of sp³-hybridized carbons (Fsp3) is 0.950. The van der Waals surface area contributed by atoms with Crippen molar-refractivity contribution >= 4 is 11.8 Å². The van der Waals surface area contributed by atoms with Crippen molar-refractivity contribution in [1.29, 1.82) is 0 Å². The van der Waals surface area contributed by atoms with Gasteiger partial charge in [0.05, 0.1) is 30.1 Å². The van der Waals surface area contributed by atoms with Crippen molar-refractivity contribution < 1.29 is 24.9 Å². The van der Waals surface area contributed by atoms with Crippen LogP contribution in [-0.2, 0) is 9.59 Å². The lowest BCUT2D eigenvalue weighted by Crippen LogP contribution is -2.68. The maximum Gasteiger partial charge on any atom is 0.233 e. The summed E-state index contributed by atoms with van der Waals surface area (Å²) in [6.45, 7) is 18.0. The van der Waals surface area contributed by atoms with Crippen LogP contribution in [0.3, 0.4) is 0 Å². The van der Waals surface area contributed by atoms with Crippen LogP contribution in [0.15, 0.2) is 0 Å². The second-order valence-electron chi connectivity index (χ2n) is 20.0. The van der Waals surface area contributed by atoms with E-state index in [1.807, 2.05) is 0 Å². The van der Waals surface area contributed by atoms with E-state index in [1.165, 1.54) is 44.9 Å². The summed E-state index contributed by atoms with van der Waals surface area (Å²) in [6.07, 6.45) is 13.7. The Bertz CT molecular complexity index is 1270. The number of piperazine rings is 1. The van der Waals surface area contributed by atoms with Gasteiger partial charge in [-0.25, -0.2) is 0 Å². The van der Waals surface area contributed by atoms with Gasteiger partial charge in [-0.05, 0) is 141 Å². The minimum atomic E-state index is -1.18. The zero-order valence-electron chi connectivity index (χ0n) is 30.7. The van der Waals surface area contributed by atoms with Gasteiger partial charge in [0.1, 0.15) is 0 Å². The number of nitrogens with zero attached hydrogens (tertiary/aromatic N) is 2. The highest BCUT2D eigenvalue weighted by Crippen LogP contribution is 2.79. The highest BCUT2D eigenvalue weighted by Gasteiger charge is 2.73. The Morgan fingerprint density at radius 3 is 1.94 bits per heavy atom. The number of carbonyl (C=O) groups excluding carboxylic acids is 2. The van der Waals surface area contributed by atoms with Gasteiger partial charge in [0.25, 0.3) is 0 Å². The van der Waals surface area contributed by atoms with Gasteiger partial charge < -0.3 is 25.1 Å². The molecule has 0 aromatic carbocycles. The molecule has 1 heterocycles. The van der Waals surface area contributed by atoms with Crippen LogP contribution in [0.5, 0.6) is 0 Å². The lowest BCUT2D eigenvalue weighted by Gasteiger charge is -2.73. The Kier molecular flexibility index (Phi) is 7.96. The van der Waals surface area contributed by atoms with Crippen molar-refractivity contribution in [3.8, 4) is 0 Å². The van der Waals surface area contributed by atoms with Gasteiger partial charge in [0.15, 0.2) is 0 Å². The van der Waals surface area contributed by atoms with E-state index < -0.39 is 5.41 Å². The van der Waals surface area contributed by atoms with E-state index >= 15 is 4.79 Å². The molecule has 0 bridgehead atoms. The van der Waals surface area contributed by atoms with E-state index in [0.717, 1.165) is 32.1 Å². The molecule has 47 heavy (non-hydrogen) atoms. The third kappa shape index (κ3) is 4.52. The molecule has 0 radical (unpaired) electrons. The summed E-state index contributed by atoms with van der Waals surface area (Å²) >= 11 is 0. The first-order valence-corrected chi connectivity index (χ1v) is 19.5. The third-order valence-electron chi connectivity index (χ3n) is 17.8. The minimum Gasteiger partial charge on any atom is -0.395 e. The molecule has 0 spiro atoms. The molecular formula is C40H66N2O5. The lowest BCUT2D eigenvalue weighted by molar-refractivity contribution is -0.249. The van der Waals surface area contributed by atoms with Crippen LogP contribution in [0.25, 0.3) is 0 Å². The Labute approximate surface area is 284 Å². The number of hydrogen-bond donors (Lipinski definition) is 3. The zero-order chi connectivity index (χ0) is 34.0. The molecule has 7 heteroatoms. The third-order valence-corrected chi connectivity index (χ3v) is 17.8. The van der Waals surface area contributed by atoms with Gasteiger partial charge in [-0.15, -0.1) is 0 Å². The molecule has 266 valence electrons. The van der Waals surface area contributed by atoms with Gasteiger partial charge in [-0.2, -0.15) is 0 Å². The zero-order valence-corrected chi connectivity index (χ0v) is 30.7. The summed E-state index contributed by atoms with van der Waals surface area (Å²) in [5, 5.41) is 30.8. The Morgan fingerprint density at radius 1 is 0.681 bits per heavy atom. The summed E-state index contributed by atoms with van der Waals surface area (Å²) in [7, 11) is 0. The van der Waals surface area contributed by atoms with E-state index in [2.05, 4.69) is 46.4 Å². The van der Waals surface area contributed by atoms with Crippen LogP contribution < -0.4 is 0 Å². The molecule has 0 unspecified atom stereocenters. The van der Waals surface area contributed by atoms with E-state index in [0.29, 0.717) is 67.1 Å². The number of aliphatic hydroxyl groups is 3. The maximum atomic E-state index is 15.0. The highest BCUT2D eigenvalue weighted by molar-refractivity contribution is 5.85. The summed E-state index contributed by atoms with van der Waals surface area (Å²) < 4.78 is 0. The standard InChI is InChI=1S/C40H66N2O5/c1-34(2)28-11-14-39(7)29(37(28,5)13-12-30(34)45)9-8-27-31-26(35(3)16-17-35)10-15-40(31,19-18-38(27,39)6)33(47)42-22-20-41(21-23-42)32(46)36(4,24-43)25-44/h26-31,43-45H,8-25H2,1-7H3/t26-,27-,28+,29-,30+,31-,37+,38-,39-,40+/m1/s1. The number of carbonyl (C=O) groups is 2. The topological polar surface area (TPSA) is 101 Å². The van der Waals surface area contributed by atoms with Crippen molar-refractivity contribution in [3.63, 3.8) is 0 Å². The molecule has 7 aliphatic rings. The van der Waals surface area contributed by atoms with Gasteiger partial charge in [0, 0.05) is 26.2 Å². The summed E-state index contributed by atoms with van der Waals surface area (Å²) in [5.41, 5.74) is -0.439. The predicted octanol–water partition coefficient (Wildman–Crippen LogP) is 5.89. The van der Waals surface area contributed by atoms with E-state index in [9.17, 15) is 20.1 Å². The fourth-order valence-electron chi connectivity index (χ4n) is 14.3.